The topological polar surface area (TPSA) is 46.2 Å². The monoisotopic (exact) mass is 361 g/mol. The van der Waals surface area contributed by atoms with E-state index in [9.17, 15) is 9.59 Å². The lowest BCUT2D eigenvalue weighted by Gasteiger charge is -2.29. The molecule has 1 atom stereocenters. The molecular weight excluding hydrogens is 342 g/mol. The Labute approximate surface area is 138 Å². The molecule has 0 aromatic heterocycles. The molecule has 0 radical (unpaired) electrons. The van der Waals surface area contributed by atoms with E-state index in [2.05, 4.69) is 42.0 Å². The predicted molar refractivity (Wildman–Crippen MR) is 97.0 cm³/mol. The van der Waals surface area contributed by atoms with Crippen molar-refractivity contribution in [3.63, 3.8) is 0 Å². The van der Waals surface area contributed by atoms with Gasteiger partial charge in [0.1, 0.15) is 0 Å². The maximum atomic E-state index is 11.8. The Kier molecular flexibility index (Phi) is 4.71. The number of anilines is 1. The normalized spacial score (nSPS) is 13.7. The van der Waals surface area contributed by atoms with Gasteiger partial charge in [-0.05, 0) is 36.1 Å². The first-order valence-electron chi connectivity index (χ1n) is 7.23. The van der Waals surface area contributed by atoms with Gasteiger partial charge in [0.15, 0.2) is 0 Å². The molecular formula is C18H20BrNO2. The van der Waals surface area contributed by atoms with Crippen molar-refractivity contribution in [2.75, 3.05) is 5.32 Å². The van der Waals surface area contributed by atoms with Crippen molar-refractivity contribution in [1.82, 2.24) is 0 Å². The van der Waals surface area contributed by atoms with E-state index < -0.39 is 10.9 Å². The third kappa shape index (κ3) is 3.55. The molecule has 0 aliphatic rings. The van der Waals surface area contributed by atoms with Crippen molar-refractivity contribution in [3.8, 4) is 0 Å². The van der Waals surface area contributed by atoms with E-state index >= 15 is 0 Å². The third-order valence-corrected chi connectivity index (χ3v) is 4.45. The highest BCUT2D eigenvalue weighted by Gasteiger charge is 2.25. The number of halogens is 1. The molecule has 0 amide bonds. The third-order valence-electron chi connectivity index (χ3n) is 3.92. The molecule has 2 rings (SSSR count). The minimum absolute atomic E-state index is 0.00640. The van der Waals surface area contributed by atoms with Gasteiger partial charge in [-0.2, -0.15) is 0 Å². The summed E-state index contributed by atoms with van der Waals surface area (Å²) in [5.41, 5.74) is 1.03. The van der Waals surface area contributed by atoms with Crippen LogP contribution in [0.2, 0.25) is 0 Å². The molecule has 1 unspecified atom stereocenters. The highest BCUT2D eigenvalue weighted by molar-refractivity contribution is 9.10. The van der Waals surface area contributed by atoms with Crippen LogP contribution in [-0.2, 0) is 0 Å². The smallest absolute Gasteiger partial charge is 0.250 e. The first kappa shape index (κ1) is 16.7. The van der Waals surface area contributed by atoms with Gasteiger partial charge in [0.05, 0.1) is 11.3 Å². The van der Waals surface area contributed by atoms with Crippen LogP contribution in [0, 0.1) is 5.41 Å². The fourth-order valence-electron chi connectivity index (χ4n) is 1.90. The maximum Gasteiger partial charge on any atom is 0.250 e. The first-order chi connectivity index (χ1) is 10.2. The minimum atomic E-state index is -0.424. The summed E-state index contributed by atoms with van der Waals surface area (Å²) in [5.74, 6) is 0. The largest absolute Gasteiger partial charge is 0.378 e. The van der Waals surface area contributed by atoms with Gasteiger partial charge in [0, 0.05) is 10.5 Å². The Hall–Kier alpha value is -1.68. The quantitative estimate of drug-likeness (QED) is 0.835. The number of hydrogen-bond acceptors (Lipinski definition) is 3. The average Bonchev–Trinajstić information content (AvgIpc) is 2.46. The van der Waals surface area contributed by atoms with E-state index in [1.807, 2.05) is 37.3 Å². The van der Waals surface area contributed by atoms with Crippen LogP contribution in [0.25, 0.3) is 12.2 Å². The Balaban J connectivity index is 2.22. The van der Waals surface area contributed by atoms with Crippen LogP contribution < -0.4 is 16.2 Å². The fraction of sp³-hybridized carbons (Fsp3) is 0.333. The van der Waals surface area contributed by atoms with Crippen molar-refractivity contribution >= 4 is 33.8 Å². The Bertz CT molecular complexity index is 760. The number of benzene rings is 1. The summed E-state index contributed by atoms with van der Waals surface area (Å²) in [6.45, 7) is 8.29. The molecule has 22 heavy (non-hydrogen) atoms. The second-order valence-corrected chi connectivity index (χ2v) is 7.48. The van der Waals surface area contributed by atoms with Crippen molar-refractivity contribution in [2.45, 2.75) is 33.7 Å². The zero-order valence-corrected chi connectivity index (χ0v) is 14.8. The van der Waals surface area contributed by atoms with Crippen molar-refractivity contribution in [1.29, 1.82) is 0 Å². The molecule has 0 aliphatic heterocycles. The minimum Gasteiger partial charge on any atom is -0.378 e. The van der Waals surface area contributed by atoms with E-state index in [-0.39, 0.29) is 11.5 Å². The van der Waals surface area contributed by atoms with E-state index in [0.717, 1.165) is 10.0 Å². The average molecular weight is 362 g/mol. The standard InChI is InChI=1S/C18H20BrNO2/c1-11(18(2,3)4)20-15-14(16(21)17(15)22)10-7-12-5-8-13(19)9-6-12/h5-11,20H,1-4H3. The van der Waals surface area contributed by atoms with E-state index in [1.54, 1.807) is 6.08 Å². The van der Waals surface area contributed by atoms with Gasteiger partial charge < -0.3 is 5.32 Å². The molecule has 3 nitrogen and oxygen atoms in total. The molecule has 4 heteroatoms. The zero-order valence-electron chi connectivity index (χ0n) is 13.2. The number of hydrogen-bond donors (Lipinski definition) is 1. The van der Waals surface area contributed by atoms with Crippen molar-refractivity contribution < 1.29 is 0 Å². The van der Waals surface area contributed by atoms with Crippen LogP contribution >= 0.6 is 15.9 Å². The molecule has 0 spiro atoms. The van der Waals surface area contributed by atoms with Crippen LogP contribution in [0.4, 0.5) is 5.69 Å². The Morgan fingerprint density at radius 1 is 1.05 bits per heavy atom. The summed E-state index contributed by atoms with van der Waals surface area (Å²) in [5, 5.41) is 3.18. The molecule has 1 N–H and O–H groups in total. The van der Waals surface area contributed by atoms with Crippen molar-refractivity contribution in [2.24, 2.45) is 5.41 Å². The summed E-state index contributed by atoms with van der Waals surface area (Å²) in [6.07, 6.45) is 3.56. The van der Waals surface area contributed by atoms with Crippen LogP contribution in [0.3, 0.4) is 0 Å². The van der Waals surface area contributed by atoms with Gasteiger partial charge in [-0.1, -0.05) is 54.9 Å². The predicted octanol–water partition coefficient (Wildman–Crippen LogP) is 4.06. The second kappa shape index (κ2) is 6.21. The van der Waals surface area contributed by atoms with Crippen LogP contribution in [0.1, 0.15) is 38.8 Å². The molecule has 0 heterocycles. The van der Waals surface area contributed by atoms with Gasteiger partial charge in [-0.25, -0.2) is 0 Å². The zero-order chi connectivity index (χ0) is 16.5. The Morgan fingerprint density at radius 2 is 1.64 bits per heavy atom. The summed E-state index contributed by atoms with van der Waals surface area (Å²) in [4.78, 5) is 23.6. The molecule has 0 saturated heterocycles. The molecule has 2 aromatic rings. The Morgan fingerprint density at radius 3 is 2.18 bits per heavy atom. The number of nitrogens with one attached hydrogen (secondary N) is 1. The first-order valence-corrected chi connectivity index (χ1v) is 8.03. The fourth-order valence-corrected chi connectivity index (χ4v) is 2.16. The number of rotatable bonds is 4. The summed E-state index contributed by atoms with van der Waals surface area (Å²) in [6, 6.07) is 7.84. The highest BCUT2D eigenvalue weighted by atomic mass is 79.9. The molecule has 0 aliphatic carbocycles. The SMILES string of the molecule is CC(Nc1c(C=Cc2ccc(Br)cc2)c(=O)c1=O)C(C)(C)C. The molecule has 0 saturated carbocycles. The van der Waals surface area contributed by atoms with Crippen LogP contribution in [0.5, 0.6) is 0 Å². The summed E-state index contributed by atoms with van der Waals surface area (Å²) in [7, 11) is 0. The van der Waals surface area contributed by atoms with Crippen molar-refractivity contribution in [3.05, 3.63) is 60.3 Å². The lowest BCUT2D eigenvalue weighted by molar-refractivity contribution is 0.359. The highest BCUT2D eigenvalue weighted by Crippen LogP contribution is 2.23. The van der Waals surface area contributed by atoms with Gasteiger partial charge in [-0.15, -0.1) is 0 Å². The second-order valence-electron chi connectivity index (χ2n) is 6.56. The summed E-state index contributed by atoms with van der Waals surface area (Å²) < 4.78 is 1.00. The van der Waals surface area contributed by atoms with Crippen LogP contribution in [0.15, 0.2) is 38.3 Å². The van der Waals surface area contributed by atoms with E-state index in [0.29, 0.717) is 11.3 Å². The molecule has 0 fully saturated rings. The van der Waals surface area contributed by atoms with E-state index in [1.165, 1.54) is 0 Å². The maximum absolute atomic E-state index is 11.8. The lowest BCUT2D eigenvalue weighted by Crippen LogP contribution is -2.41. The lowest BCUT2D eigenvalue weighted by atomic mass is 9.87. The molecule has 116 valence electrons. The van der Waals surface area contributed by atoms with Crippen LogP contribution in [-0.4, -0.2) is 6.04 Å². The van der Waals surface area contributed by atoms with Gasteiger partial charge in [0.2, 0.25) is 10.9 Å². The van der Waals surface area contributed by atoms with Gasteiger partial charge in [-0.3, -0.25) is 9.59 Å². The summed E-state index contributed by atoms with van der Waals surface area (Å²) >= 11 is 3.38. The van der Waals surface area contributed by atoms with Gasteiger partial charge in [0.25, 0.3) is 0 Å². The van der Waals surface area contributed by atoms with Gasteiger partial charge >= 0.3 is 0 Å². The molecule has 0 bridgehead atoms. The molecule has 2 aromatic carbocycles. The van der Waals surface area contributed by atoms with E-state index in [4.69, 9.17) is 0 Å².